The summed E-state index contributed by atoms with van der Waals surface area (Å²) < 4.78 is 5.74. The van der Waals surface area contributed by atoms with Gasteiger partial charge in [-0.1, -0.05) is 61.5 Å². The maximum Gasteiger partial charge on any atom is 0.366 e. The van der Waals surface area contributed by atoms with Crippen LogP contribution in [0.25, 0.3) is 22.2 Å². The average Bonchev–Trinajstić information content (AvgIpc) is 2.86. The molecule has 5 nitrogen and oxygen atoms in total. The highest BCUT2D eigenvalue weighted by Gasteiger charge is 2.16. The number of nitrogens with zero attached hydrogens (tertiary/aromatic N) is 2. The summed E-state index contributed by atoms with van der Waals surface area (Å²) in [5.74, 6) is 0.713. The Hall–Kier alpha value is -3.99. The standard InChI is InChI=1S/C30H30N2O3/c1-19(2)22-10-12-23(13-11-22)21(5)32-35-30(33)27-18-29(31-28-9-7-6-8-26(27)28)24-14-16-25(17-15-24)34-20(3)4/h6-20H,1-5H3/b32-21-. The summed E-state index contributed by atoms with van der Waals surface area (Å²) in [5, 5.41) is 4.84. The number of oxime groups is 1. The zero-order valence-electron chi connectivity index (χ0n) is 20.8. The van der Waals surface area contributed by atoms with Gasteiger partial charge in [0.15, 0.2) is 0 Å². The maximum absolute atomic E-state index is 13.1. The molecule has 5 heteroatoms. The zero-order chi connectivity index (χ0) is 24.9. The Bertz CT molecular complexity index is 1360. The van der Waals surface area contributed by atoms with Gasteiger partial charge < -0.3 is 9.57 Å². The summed E-state index contributed by atoms with van der Waals surface area (Å²) in [6.45, 7) is 10.1. The fraction of sp³-hybridized carbons (Fsp3) is 0.233. The number of carbonyl (C=O) groups is 1. The first-order chi connectivity index (χ1) is 16.8. The van der Waals surface area contributed by atoms with Crippen LogP contribution in [0.1, 0.15) is 62.0 Å². The van der Waals surface area contributed by atoms with Gasteiger partial charge in [-0.2, -0.15) is 0 Å². The predicted molar refractivity (Wildman–Crippen MR) is 141 cm³/mol. The topological polar surface area (TPSA) is 60.8 Å². The molecule has 0 atom stereocenters. The molecule has 0 N–H and O–H groups in total. The molecule has 0 aliphatic carbocycles. The third-order valence-electron chi connectivity index (χ3n) is 5.72. The van der Waals surface area contributed by atoms with Crippen LogP contribution >= 0.6 is 0 Å². The van der Waals surface area contributed by atoms with Gasteiger partial charge in [-0.05, 0) is 74.2 Å². The van der Waals surface area contributed by atoms with Crippen molar-refractivity contribution in [3.05, 3.63) is 95.6 Å². The molecule has 0 radical (unpaired) electrons. The van der Waals surface area contributed by atoms with Crippen LogP contribution < -0.4 is 4.74 Å². The minimum Gasteiger partial charge on any atom is -0.491 e. The minimum absolute atomic E-state index is 0.0955. The smallest absolute Gasteiger partial charge is 0.366 e. The van der Waals surface area contributed by atoms with E-state index in [9.17, 15) is 4.79 Å². The number of fused-ring (bicyclic) bond motifs is 1. The highest BCUT2D eigenvalue weighted by Crippen LogP contribution is 2.27. The van der Waals surface area contributed by atoms with Crippen molar-refractivity contribution in [3.63, 3.8) is 0 Å². The van der Waals surface area contributed by atoms with E-state index in [4.69, 9.17) is 14.6 Å². The number of hydrogen-bond acceptors (Lipinski definition) is 5. The van der Waals surface area contributed by atoms with E-state index in [0.29, 0.717) is 28.4 Å². The monoisotopic (exact) mass is 466 g/mol. The SMILES string of the molecule is C/C(=N/OC(=O)c1cc(-c2ccc(OC(C)C)cc2)nc2ccccc12)c1ccc(C(C)C)cc1. The van der Waals surface area contributed by atoms with Crippen LogP contribution in [0.15, 0.2) is 84.0 Å². The molecule has 0 spiro atoms. The summed E-state index contributed by atoms with van der Waals surface area (Å²) in [6, 6.07) is 25.1. The molecular weight excluding hydrogens is 436 g/mol. The Morgan fingerprint density at radius 1 is 0.886 bits per heavy atom. The number of carbonyl (C=O) groups excluding carboxylic acids is 1. The molecule has 0 aliphatic rings. The van der Waals surface area contributed by atoms with Crippen molar-refractivity contribution in [2.24, 2.45) is 5.16 Å². The molecule has 0 unspecified atom stereocenters. The van der Waals surface area contributed by atoms with Crippen LogP contribution in [-0.4, -0.2) is 22.8 Å². The van der Waals surface area contributed by atoms with Crippen LogP contribution in [0, 0.1) is 0 Å². The van der Waals surface area contributed by atoms with E-state index in [-0.39, 0.29) is 6.10 Å². The van der Waals surface area contributed by atoms with Gasteiger partial charge in [0.05, 0.1) is 28.6 Å². The molecule has 0 saturated heterocycles. The third-order valence-corrected chi connectivity index (χ3v) is 5.72. The lowest BCUT2D eigenvalue weighted by Gasteiger charge is -2.11. The first-order valence-electron chi connectivity index (χ1n) is 11.8. The van der Waals surface area contributed by atoms with E-state index >= 15 is 0 Å². The summed E-state index contributed by atoms with van der Waals surface area (Å²) in [5.41, 5.74) is 5.48. The lowest BCUT2D eigenvalue weighted by atomic mass is 10.0. The fourth-order valence-electron chi connectivity index (χ4n) is 3.79. The molecule has 1 aromatic heterocycles. The third kappa shape index (κ3) is 5.75. The van der Waals surface area contributed by atoms with Crippen LogP contribution in [-0.2, 0) is 4.84 Å². The molecule has 0 saturated carbocycles. The summed E-state index contributed by atoms with van der Waals surface area (Å²) >= 11 is 0. The molecule has 3 aromatic carbocycles. The van der Waals surface area contributed by atoms with Gasteiger partial charge in [0.25, 0.3) is 0 Å². The van der Waals surface area contributed by atoms with Gasteiger partial charge in [-0.25, -0.2) is 9.78 Å². The van der Waals surface area contributed by atoms with Crippen molar-refractivity contribution in [1.29, 1.82) is 0 Å². The fourth-order valence-corrected chi connectivity index (χ4v) is 3.79. The number of hydrogen-bond donors (Lipinski definition) is 0. The highest BCUT2D eigenvalue weighted by molar-refractivity contribution is 6.05. The number of pyridine rings is 1. The number of benzene rings is 3. The molecule has 0 fully saturated rings. The van der Waals surface area contributed by atoms with Crippen LogP contribution in [0.4, 0.5) is 0 Å². The van der Waals surface area contributed by atoms with E-state index in [1.807, 2.05) is 81.4 Å². The second kappa shape index (κ2) is 10.5. The first kappa shape index (κ1) is 24.1. The van der Waals surface area contributed by atoms with Crippen LogP contribution in [0.2, 0.25) is 0 Å². The molecule has 178 valence electrons. The molecule has 1 heterocycles. The van der Waals surface area contributed by atoms with E-state index in [1.165, 1.54) is 5.56 Å². The van der Waals surface area contributed by atoms with Crippen molar-refractivity contribution >= 4 is 22.6 Å². The van der Waals surface area contributed by atoms with Gasteiger partial charge in [0.1, 0.15) is 5.75 Å². The number of para-hydroxylation sites is 1. The van der Waals surface area contributed by atoms with E-state index in [0.717, 1.165) is 22.3 Å². The minimum atomic E-state index is -0.525. The van der Waals surface area contributed by atoms with Crippen molar-refractivity contribution in [2.75, 3.05) is 0 Å². The van der Waals surface area contributed by atoms with Gasteiger partial charge in [0, 0.05) is 10.9 Å². The number of rotatable bonds is 7. The average molecular weight is 467 g/mol. The quantitative estimate of drug-likeness (QED) is 0.162. The summed E-state index contributed by atoms with van der Waals surface area (Å²) in [7, 11) is 0. The second-order valence-corrected chi connectivity index (χ2v) is 9.10. The predicted octanol–water partition coefficient (Wildman–Crippen LogP) is 7.39. The lowest BCUT2D eigenvalue weighted by Crippen LogP contribution is -2.06. The van der Waals surface area contributed by atoms with Gasteiger partial charge >= 0.3 is 5.97 Å². The van der Waals surface area contributed by atoms with Gasteiger partial charge in [-0.3, -0.25) is 0 Å². The van der Waals surface area contributed by atoms with E-state index in [2.05, 4.69) is 31.1 Å². The van der Waals surface area contributed by atoms with Crippen molar-refractivity contribution < 1.29 is 14.4 Å². The Morgan fingerprint density at radius 3 is 2.23 bits per heavy atom. The zero-order valence-corrected chi connectivity index (χ0v) is 20.8. The Labute approximate surface area is 206 Å². The van der Waals surface area contributed by atoms with Crippen LogP contribution in [0.5, 0.6) is 5.75 Å². The van der Waals surface area contributed by atoms with E-state index < -0.39 is 5.97 Å². The van der Waals surface area contributed by atoms with Crippen molar-refractivity contribution in [2.45, 2.75) is 46.6 Å². The number of ether oxygens (including phenoxy) is 1. The molecular formula is C30H30N2O3. The Morgan fingerprint density at radius 2 is 1.57 bits per heavy atom. The normalized spacial score (nSPS) is 11.8. The number of aromatic nitrogens is 1. The first-order valence-corrected chi connectivity index (χ1v) is 11.8. The summed E-state index contributed by atoms with van der Waals surface area (Å²) in [6.07, 6.45) is 0.0955. The van der Waals surface area contributed by atoms with Crippen LogP contribution in [0.3, 0.4) is 0 Å². The van der Waals surface area contributed by atoms with Crippen molar-refractivity contribution in [1.82, 2.24) is 4.98 Å². The summed E-state index contributed by atoms with van der Waals surface area (Å²) in [4.78, 5) is 23.3. The Kier molecular flexibility index (Phi) is 7.25. The lowest BCUT2D eigenvalue weighted by molar-refractivity contribution is 0.0518. The molecule has 4 aromatic rings. The Balaban J connectivity index is 1.62. The molecule has 4 rings (SSSR count). The van der Waals surface area contributed by atoms with Crippen molar-refractivity contribution in [3.8, 4) is 17.0 Å². The van der Waals surface area contributed by atoms with Gasteiger partial charge in [-0.15, -0.1) is 0 Å². The largest absolute Gasteiger partial charge is 0.491 e. The van der Waals surface area contributed by atoms with E-state index in [1.54, 1.807) is 6.07 Å². The molecule has 0 bridgehead atoms. The van der Waals surface area contributed by atoms with Gasteiger partial charge in [0.2, 0.25) is 0 Å². The molecule has 35 heavy (non-hydrogen) atoms. The second-order valence-electron chi connectivity index (χ2n) is 9.10. The molecule has 0 aliphatic heterocycles. The highest BCUT2D eigenvalue weighted by atomic mass is 16.7. The molecule has 0 amide bonds. The maximum atomic E-state index is 13.1.